The average molecular weight is 474 g/mol. The van der Waals surface area contributed by atoms with Crippen LogP contribution in [0, 0.1) is 5.92 Å². The zero-order valence-corrected chi connectivity index (χ0v) is 19.6. The van der Waals surface area contributed by atoms with Gasteiger partial charge in [0.25, 0.3) is 0 Å². The number of hydrogen-bond donors (Lipinski definition) is 4. The van der Waals surface area contributed by atoms with E-state index in [0.717, 1.165) is 12.8 Å². The van der Waals surface area contributed by atoms with Crippen molar-refractivity contribution in [2.24, 2.45) is 5.92 Å². The number of piperidine rings is 1. The molecule has 1 heterocycles. The molecule has 1 saturated heterocycles. The minimum Gasteiger partial charge on any atom is -0.391 e. The largest absolute Gasteiger partial charge is 0.391 e. The second-order valence-corrected chi connectivity index (χ2v) is 11.1. The Labute approximate surface area is 194 Å². The van der Waals surface area contributed by atoms with E-state index >= 15 is 0 Å². The molecule has 0 aromatic carbocycles. The summed E-state index contributed by atoms with van der Waals surface area (Å²) >= 11 is 5.91. The number of aliphatic hydroxyl groups is 1. The van der Waals surface area contributed by atoms with Crippen LogP contribution in [0.5, 0.6) is 0 Å². The van der Waals surface area contributed by atoms with Gasteiger partial charge in [0.15, 0.2) is 0 Å². The Morgan fingerprint density at radius 3 is 2.53 bits per heavy atom. The molecule has 4 saturated carbocycles. The van der Waals surface area contributed by atoms with E-state index in [1.807, 2.05) is 0 Å². The van der Waals surface area contributed by atoms with Gasteiger partial charge in [0.05, 0.1) is 29.0 Å². The molecule has 0 aromatic heterocycles. The predicted octanol–water partition coefficient (Wildman–Crippen LogP) is 1.94. The van der Waals surface area contributed by atoms with Gasteiger partial charge in [0, 0.05) is 24.5 Å². The lowest BCUT2D eigenvalue weighted by Crippen LogP contribution is -2.71. The first-order valence-electron chi connectivity index (χ1n) is 12.1. The van der Waals surface area contributed by atoms with Crippen LogP contribution >= 0.6 is 11.6 Å². The molecule has 2 amide bonds. The van der Waals surface area contributed by atoms with Crippen molar-refractivity contribution < 1.29 is 23.8 Å². The van der Waals surface area contributed by atoms with Crippen LogP contribution in [0.1, 0.15) is 71.1 Å². The second-order valence-electron chi connectivity index (χ2n) is 10.6. The van der Waals surface area contributed by atoms with E-state index in [2.05, 4.69) is 22.9 Å². The smallest absolute Gasteiger partial charge is 0.246 e. The maximum atomic E-state index is 13.8. The molecule has 9 heteroatoms. The fourth-order valence-corrected chi connectivity index (χ4v) is 6.18. The zero-order valence-electron chi connectivity index (χ0n) is 18.9. The SMILES string of the molecule is CC1CCC(C(=O)NC23CCC(NC(=O)COC4CCC(Cl)C(F)C4)(CC2)CC3O)CN1. The molecule has 5 aliphatic rings. The molecule has 32 heavy (non-hydrogen) atoms. The van der Waals surface area contributed by atoms with Crippen LogP contribution in [0.15, 0.2) is 0 Å². The van der Waals surface area contributed by atoms with Gasteiger partial charge in [0.1, 0.15) is 12.8 Å². The second kappa shape index (κ2) is 9.72. The third-order valence-electron chi connectivity index (χ3n) is 8.22. The molecule has 0 spiro atoms. The summed E-state index contributed by atoms with van der Waals surface area (Å²) in [6.07, 6.45) is 4.31. The number of ether oxygens (including phenoxy) is 1. The van der Waals surface area contributed by atoms with Crippen molar-refractivity contribution in [3.05, 3.63) is 0 Å². The Hall–Kier alpha value is -0.960. The van der Waals surface area contributed by atoms with Crippen molar-refractivity contribution >= 4 is 23.4 Å². The molecule has 5 rings (SSSR count). The monoisotopic (exact) mass is 473 g/mol. The zero-order chi connectivity index (χ0) is 22.9. The van der Waals surface area contributed by atoms with Crippen LogP contribution in [0.4, 0.5) is 4.39 Å². The molecule has 2 bridgehead atoms. The maximum absolute atomic E-state index is 13.8. The molecule has 6 atom stereocenters. The number of nitrogens with one attached hydrogen (secondary N) is 3. The number of carbonyl (C=O) groups is 2. The highest BCUT2D eigenvalue weighted by Gasteiger charge is 2.55. The van der Waals surface area contributed by atoms with Gasteiger partial charge < -0.3 is 25.8 Å². The highest BCUT2D eigenvalue weighted by molar-refractivity contribution is 6.21. The van der Waals surface area contributed by atoms with Crippen molar-refractivity contribution in [2.45, 2.75) is 112 Å². The normalized spacial score (nSPS) is 44.1. The standard InChI is InChI=1S/C23H37ClFN3O4/c1-14-2-3-15(12-26-14)21(31)28-23-8-6-22(7-9-23,11-19(23)29)27-20(30)13-32-16-4-5-17(24)18(25)10-16/h14-19,26,29H,2-13H2,1H3,(H,27,30)(H,28,31). The van der Waals surface area contributed by atoms with Crippen molar-refractivity contribution in [1.29, 1.82) is 0 Å². The Bertz CT molecular complexity index is 695. The van der Waals surface area contributed by atoms with Gasteiger partial charge in [-0.3, -0.25) is 9.59 Å². The molecule has 0 radical (unpaired) electrons. The third-order valence-corrected chi connectivity index (χ3v) is 8.72. The summed E-state index contributed by atoms with van der Waals surface area (Å²) in [6, 6.07) is 0.439. The average Bonchev–Trinajstić information content (AvgIpc) is 2.76. The van der Waals surface area contributed by atoms with Gasteiger partial charge in [-0.2, -0.15) is 0 Å². The lowest BCUT2D eigenvalue weighted by molar-refractivity contribution is -0.140. The summed E-state index contributed by atoms with van der Waals surface area (Å²) in [5.74, 6) is -0.273. The van der Waals surface area contributed by atoms with Crippen LogP contribution in [-0.2, 0) is 14.3 Å². The summed E-state index contributed by atoms with van der Waals surface area (Å²) in [6.45, 7) is 2.69. The number of fused-ring (bicyclic) bond motifs is 3. The number of halogens is 2. The van der Waals surface area contributed by atoms with Crippen LogP contribution < -0.4 is 16.0 Å². The minimum absolute atomic E-state index is 0.0214. The van der Waals surface area contributed by atoms with Crippen molar-refractivity contribution in [3.63, 3.8) is 0 Å². The molecule has 5 fully saturated rings. The van der Waals surface area contributed by atoms with E-state index in [9.17, 15) is 19.1 Å². The van der Waals surface area contributed by atoms with Crippen LogP contribution in [0.2, 0.25) is 0 Å². The van der Waals surface area contributed by atoms with Gasteiger partial charge in [-0.1, -0.05) is 0 Å². The van der Waals surface area contributed by atoms with Crippen molar-refractivity contribution in [3.8, 4) is 0 Å². The van der Waals surface area contributed by atoms with Crippen molar-refractivity contribution in [2.75, 3.05) is 13.2 Å². The van der Waals surface area contributed by atoms with E-state index < -0.39 is 28.7 Å². The maximum Gasteiger partial charge on any atom is 0.246 e. The molecular weight excluding hydrogens is 437 g/mol. The first kappa shape index (κ1) is 24.2. The Balaban J connectivity index is 1.26. The fourth-order valence-electron chi connectivity index (χ4n) is 5.95. The lowest BCUT2D eigenvalue weighted by Gasteiger charge is -2.56. The fraction of sp³-hybridized carbons (Fsp3) is 0.913. The number of aliphatic hydroxyl groups excluding tert-OH is 1. The quantitative estimate of drug-likeness (QED) is 0.442. The summed E-state index contributed by atoms with van der Waals surface area (Å²) in [7, 11) is 0. The van der Waals surface area contributed by atoms with Crippen LogP contribution in [0.3, 0.4) is 0 Å². The summed E-state index contributed by atoms with van der Waals surface area (Å²) in [5, 5.41) is 20.1. The lowest BCUT2D eigenvalue weighted by atomic mass is 9.59. The molecule has 182 valence electrons. The van der Waals surface area contributed by atoms with Gasteiger partial charge in [0.2, 0.25) is 11.8 Å². The predicted molar refractivity (Wildman–Crippen MR) is 119 cm³/mol. The summed E-state index contributed by atoms with van der Waals surface area (Å²) in [5.41, 5.74) is -1.07. The number of carbonyl (C=O) groups excluding carboxylic acids is 2. The minimum atomic E-state index is -1.10. The molecule has 6 unspecified atom stereocenters. The first-order chi connectivity index (χ1) is 15.2. The highest BCUT2D eigenvalue weighted by Crippen LogP contribution is 2.47. The number of rotatable bonds is 6. The Kier molecular flexibility index (Phi) is 7.35. The van der Waals surface area contributed by atoms with Crippen molar-refractivity contribution in [1.82, 2.24) is 16.0 Å². The molecule has 7 nitrogen and oxygen atoms in total. The van der Waals surface area contributed by atoms with Gasteiger partial charge in [-0.05, 0) is 64.7 Å². The molecule has 1 aliphatic heterocycles. The topological polar surface area (TPSA) is 99.7 Å². The Morgan fingerprint density at radius 1 is 1.16 bits per heavy atom. The number of amides is 2. The molecule has 4 N–H and O–H groups in total. The number of alkyl halides is 2. The Morgan fingerprint density at radius 2 is 1.91 bits per heavy atom. The van der Waals surface area contributed by atoms with E-state index in [1.54, 1.807) is 0 Å². The van der Waals surface area contributed by atoms with E-state index in [1.165, 1.54) is 0 Å². The van der Waals surface area contributed by atoms with Crippen LogP contribution in [-0.4, -0.2) is 70.9 Å². The van der Waals surface area contributed by atoms with E-state index in [0.29, 0.717) is 57.5 Å². The molecule has 4 aliphatic carbocycles. The first-order valence-corrected chi connectivity index (χ1v) is 12.6. The van der Waals surface area contributed by atoms with E-state index in [-0.39, 0.29) is 36.9 Å². The van der Waals surface area contributed by atoms with Crippen LogP contribution in [0.25, 0.3) is 0 Å². The summed E-state index contributed by atoms with van der Waals surface area (Å²) in [4.78, 5) is 25.4. The van der Waals surface area contributed by atoms with Gasteiger partial charge in [-0.25, -0.2) is 4.39 Å². The van der Waals surface area contributed by atoms with E-state index in [4.69, 9.17) is 16.3 Å². The van der Waals surface area contributed by atoms with Gasteiger partial charge >= 0.3 is 0 Å². The number of hydrogen-bond acceptors (Lipinski definition) is 5. The molecular formula is C23H37ClFN3O4. The summed E-state index contributed by atoms with van der Waals surface area (Å²) < 4.78 is 19.4. The highest BCUT2D eigenvalue weighted by atomic mass is 35.5. The molecule has 0 aromatic rings. The van der Waals surface area contributed by atoms with Gasteiger partial charge in [-0.15, -0.1) is 11.6 Å². The third kappa shape index (κ3) is 5.24.